The molecule has 1 aromatic carbocycles. The van der Waals surface area contributed by atoms with E-state index in [9.17, 15) is 13.2 Å². The van der Waals surface area contributed by atoms with Crippen LogP contribution < -0.4 is 5.32 Å². The van der Waals surface area contributed by atoms with Crippen LogP contribution in [0.1, 0.15) is 21.1 Å². The van der Waals surface area contributed by atoms with Gasteiger partial charge in [0.05, 0.1) is 20.6 Å². The van der Waals surface area contributed by atoms with Crippen molar-refractivity contribution in [3.8, 4) is 0 Å². The Bertz CT molecular complexity index is 793. The van der Waals surface area contributed by atoms with Gasteiger partial charge in [0.1, 0.15) is 5.69 Å². The minimum Gasteiger partial charge on any atom is -0.319 e. The number of hydrogen-bond acceptors (Lipinski definition) is 5. The van der Waals surface area contributed by atoms with Crippen LogP contribution in [0.15, 0.2) is 22.4 Å². The number of benzene rings is 1. The summed E-state index contributed by atoms with van der Waals surface area (Å²) in [5.41, 5.74) is 1.10. The highest BCUT2D eigenvalue weighted by molar-refractivity contribution is 8.13. The monoisotopic (exact) mass is 364 g/mol. The van der Waals surface area contributed by atoms with E-state index in [1.54, 1.807) is 19.2 Å². The Balaban J connectivity index is 2.35. The van der Waals surface area contributed by atoms with Gasteiger partial charge in [0.25, 0.3) is 15.0 Å². The fourth-order valence-electron chi connectivity index (χ4n) is 1.66. The molecule has 2 aromatic rings. The third-order valence-corrected chi connectivity index (χ3v) is 5.04. The van der Waals surface area contributed by atoms with Crippen molar-refractivity contribution in [1.29, 1.82) is 0 Å². The Labute approximate surface area is 135 Å². The first-order valence-electron chi connectivity index (χ1n) is 5.67. The third-order valence-electron chi connectivity index (χ3n) is 2.63. The van der Waals surface area contributed by atoms with Gasteiger partial charge in [0.15, 0.2) is 0 Å². The van der Waals surface area contributed by atoms with Crippen molar-refractivity contribution in [3.63, 3.8) is 0 Å². The number of carbonyl (C=O) groups excluding carboxylic acids is 1. The molecule has 1 heterocycles. The van der Waals surface area contributed by atoms with Crippen LogP contribution in [0.5, 0.6) is 0 Å². The van der Waals surface area contributed by atoms with E-state index < -0.39 is 15.0 Å². The second-order valence-corrected chi connectivity index (χ2v) is 8.28. The lowest BCUT2D eigenvalue weighted by Gasteiger charge is -2.11. The smallest absolute Gasteiger partial charge is 0.275 e. The van der Waals surface area contributed by atoms with Gasteiger partial charge in [-0.1, -0.05) is 11.6 Å². The second-order valence-electron chi connectivity index (χ2n) is 4.24. The fourth-order valence-corrected chi connectivity index (χ4v) is 3.47. The predicted octanol–water partition coefficient (Wildman–Crippen LogP) is 3.59. The van der Waals surface area contributed by atoms with E-state index in [2.05, 4.69) is 10.3 Å². The summed E-state index contributed by atoms with van der Waals surface area (Å²) in [5.74, 6) is -0.411. The van der Waals surface area contributed by atoms with Crippen LogP contribution >= 0.6 is 33.6 Å². The largest absolute Gasteiger partial charge is 0.319 e. The van der Waals surface area contributed by atoms with Crippen LogP contribution in [0.4, 0.5) is 5.69 Å². The van der Waals surface area contributed by atoms with Crippen molar-refractivity contribution in [2.75, 3.05) is 5.32 Å². The summed E-state index contributed by atoms with van der Waals surface area (Å²) in [5, 5.41) is 5.11. The van der Waals surface area contributed by atoms with E-state index in [0.29, 0.717) is 11.3 Å². The van der Waals surface area contributed by atoms with Gasteiger partial charge in [0, 0.05) is 16.1 Å². The normalized spacial score (nSPS) is 11.4. The van der Waals surface area contributed by atoms with Gasteiger partial charge >= 0.3 is 0 Å². The van der Waals surface area contributed by atoms with Crippen molar-refractivity contribution in [2.45, 2.75) is 18.7 Å². The summed E-state index contributed by atoms with van der Waals surface area (Å²) >= 11 is 7.38. The highest BCUT2D eigenvalue weighted by atomic mass is 35.7. The quantitative estimate of drug-likeness (QED) is 0.844. The summed E-state index contributed by atoms with van der Waals surface area (Å²) in [4.78, 5) is 16.0. The number of halogens is 2. The van der Waals surface area contributed by atoms with Gasteiger partial charge in [-0.15, -0.1) is 11.3 Å². The number of amides is 1. The van der Waals surface area contributed by atoms with Crippen LogP contribution in [0.25, 0.3) is 0 Å². The van der Waals surface area contributed by atoms with Crippen LogP contribution in [0.3, 0.4) is 0 Å². The highest BCUT2D eigenvalue weighted by Crippen LogP contribution is 2.31. The number of aromatic nitrogens is 1. The van der Waals surface area contributed by atoms with Crippen molar-refractivity contribution in [1.82, 2.24) is 4.98 Å². The van der Waals surface area contributed by atoms with Crippen molar-refractivity contribution in [2.24, 2.45) is 0 Å². The van der Waals surface area contributed by atoms with Crippen molar-refractivity contribution < 1.29 is 13.2 Å². The molecule has 1 aromatic heterocycles. The molecule has 0 spiro atoms. The zero-order chi connectivity index (χ0) is 15.8. The fraction of sp³-hybridized carbons (Fsp3) is 0.167. The zero-order valence-corrected chi connectivity index (χ0v) is 14.1. The number of carbonyl (C=O) groups is 1. The van der Waals surface area contributed by atoms with E-state index in [4.69, 9.17) is 22.3 Å². The number of nitrogens with zero attached hydrogens (tertiary/aromatic N) is 1. The Morgan fingerprint density at radius 2 is 2.00 bits per heavy atom. The number of thiazole rings is 1. The SMILES string of the molecule is Cc1nc(C(=O)Nc2c(C)cc(S(=O)(=O)Cl)cc2Cl)cs1. The molecule has 112 valence electrons. The molecule has 21 heavy (non-hydrogen) atoms. The van der Waals surface area contributed by atoms with Crippen molar-refractivity contribution >= 4 is 54.3 Å². The molecule has 2 rings (SSSR count). The number of anilines is 1. The van der Waals surface area contributed by atoms with E-state index in [-0.39, 0.29) is 15.6 Å². The average molecular weight is 365 g/mol. The number of hydrogen-bond donors (Lipinski definition) is 1. The maximum atomic E-state index is 12.0. The maximum Gasteiger partial charge on any atom is 0.275 e. The molecule has 5 nitrogen and oxygen atoms in total. The van der Waals surface area contributed by atoms with E-state index >= 15 is 0 Å². The molecule has 1 N–H and O–H groups in total. The minimum atomic E-state index is -3.88. The van der Waals surface area contributed by atoms with Crippen LogP contribution in [0.2, 0.25) is 5.02 Å². The van der Waals surface area contributed by atoms with Gasteiger partial charge in [0.2, 0.25) is 0 Å². The predicted molar refractivity (Wildman–Crippen MR) is 84.0 cm³/mol. The molecule has 0 saturated heterocycles. The first-order valence-corrected chi connectivity index (χ1v) is 9.23. The van der Waals surface area contributed by atoms with E-state index in [1.165, 1.54) is 23.5 Å². The molecular weight excluding hydrogens is 355 g/mol. The first-order chi connectivity index (χ1) is 9.68. The molecular formula is C12H10Cl2N2O3S2. The standard InChI is InChI=1S/C12H10Cl2N2O3S2/c1-6-3-8(21(14,18)19)4-9(13)11(6)16-12(17)10-5-20-7(2)15-10/h3-5H,1-2H3,(H,16,17). The molecule has 0 saturated carbocycles. The van der Waals surface area contributed by atoms with Gasteiger partial charge in [-0.25, -0.2) is 13.4 Å². The molecule has 0 atom stereocenters. The molecule has 1 amide bonds. The highest BCUT2D eigenvalue weighted by Gasteiger charge is 2.17. The van der Waals surface area contributed by atoms with Gasteiger partial charge in [-0.3, -0.25) is 4.79 Å². The molecule has 0 unspecified atom stereocenters. The van der Waals surface area contributed by atoms with E-state index in [1.807, 2.05) is 0 Å². The molecule has 0 aliphatic rings. The molecule has 0 fully saturated rings. The molecule has 0 bridgehead atoms. The molecule has 9 heteroatoms. The summed E-state index contributed by atoms with van der Waals surface area (Å²) < 4.78 is 22.6. The minimum absolute atomic E-state index is 0.0922. The summed E-state index contributed by atoms with van der Waals surface area (Å²) in [7, 11) is 1.40. The molecule has 0 radical (unpaired) electrons. The molecule has 0 aliphatic heterocycles. The van der Waals surface area contributed by atoms with Crippen molar-refractivity contribution in [3.05, 3.63) is 38.8 Å². The summed E-state index contributed by atoms with van der Waals surface area (Å²) in [6, 6.07) is 2.54. The number of rotatable bonds is 3. The Morgan fingerprint density at radius 1 is 1.33 bits per heavy atom. The van der Waals surface area contributed by atoms with Crippen LogP contribution in [-0.2, 0) is 9.05 Å². The Hall–Kier alpha value is -1.15. The Kier molecular flexibility index (Phi) is 4.57. The summed E-state index contributed by atoms with van der Waals surface area (Å²) in [6.45, 7) is 3.42. The van der Waals surface area contributed by atoms with Crippen LogP contribution in [-0.4, -0.2) is 19.3 Å². The number of aryl methyl sites for hydroxylation is 2. The van der Waals surface area contributed by atoms with Crippen LogP contribution in [0, 0.1) is 13.8 Å². The van der Waals surface area contributed by atoms with E-state index in [0.717, 1.165) is 5.01 Å². The topological polar surface area (TPSA) is 76.1 Å². The molecule has 0 aliphatic carbocycles. The second kappa shape index (κ2) is 5.92. The van der Waals surface area contributed by atoms with Gasteiger partial charge < -0.3 is 5.32 Å². The maximum absolute atomic E-state index is 12.0. The first kappa shape index (κ1) is 16.2. The Morgan fingerprint density at radius 3 is 2.48 bits per heavy atom. The third kappa shape index (κ3) is 3.74. The van der Waals surface area contributed by atoms with Gasteiger partial charge in [-0.05, 0) is 31.5 Å². The van der Waals surface area contributed by atoms with Gasteiger partial charge in [-0.2, -0.15) is 0 Å². The lowest BCUT2D eigenvalue weighted by atomic mass is 10.2. The average Bonchev–Trinajstić information content (AvgIpc) is 2.79. The zero-order valence-electron chi connectivity index (χ0n) is 11.0. The lowest BCUT2D eigenvalue weighted by Crippen LogP contribution is -2.14. The summed E-state index contributed by atoms with van der Waals surface area (Å²) in [6.07, 6.45) is 0. The number of nitrogens with one attached hydrogen (secondary N) is 1. The lowest BCUT2D eigenvalue weighted by molar-refractivity contribution is 0.102.